The highest BCUT2D eigenvalue weighted by atomic mass is 16.3. The monoisotopic (exact) mass is 378 g/mol. The van der Waals surface area contributed by atoms with Crippen LogP contribution in [0, 0.1) is 0 Å². The molecule has 1 unspecified atom stereocenters. The molecule has 3 aromatic rings. The minimum Gasteiger partial charge on any atom is -0.508 e. The first-order chi connectivity index (χ1) is 13.5. The third-order valence-corrected chi connectivity index (χ3v) is 5.19. The van der Waals surface area contributed by atoms with Crippen LogP contribution in [0.3, 0.4) is 0 Å². The molecule has 0 aliphatic carbocycles. The number of benzene rings is 2. The zero-order valence-electron chi connectivity index (χ0n) is 15.5. The molecule has 4 N–H and O–H groups in total. The van der Waals surface area contributed by atoms with Crippen molar-refractivity contribution in [2.45, 2.75) is 19.4 Å². The number of phenolic OH excluding ortho intramolecular Hbond substituents is 1. The number of imidazole rings is 1. The van der Waals surface area contributed by atoms with Crippen LogP contribution in [0.25, 0.3) is 16.6 Å². The maximum absolute atomic E-state index is 12.7. The molecular formula is C21H22N4O3. The van der Waals surface area contributed by atoms with E-state index in [1.54, 1.807) is 30.3 Å². The van der Waals surface area contributed by atoms with E-state index < -0.39 is 0 Å². The molecule has 0 saturated carbocycles. The third-order valence-electron chi connectivity index (χ3n) is 5.19. The molecule has 1 atom stereocenters. The summed E-state index contributed by atoms with van der Waals surface area (Å²) in [5.74, 6) is 0.174. The van der Waals surface area contributed by atoms with Crippen LogP contribution in [0.1, 0.15) is 18.9 Å². The number of hydrogen-bond donors (Lipinski definition) is 4. The van der Waals surface area contributed by atoms with E-state index in [4.69, 9.17) is 0 Å². The highest BCUT2D eigenvalue weighted by molar-refractivity contribution is 5.96. The minimum atomic E-state index is -0.279. The standard InChI is InChI=1S/C21H22N4O3/c1-13(20(27)22-16-4-7-18-19(12-16)24-21(28)23-18)25-10-8-15(9-11-25)14-2-5-17(26)6-3-14/h2-8,12-13,26H,9-11H2,1H3,(H,22,27)(H2,23,24,28). The average molecular weight is 378 g/mol. The molecule has 0 bridgehead atoms. The Kier molecular flexibility index (Phi) is 4.75. The minimum absolute atomic E-state index is 0.0845. The van der Waals surface area contributed by atoms with Gasteiger partial charge in [-0.15, -0.1) is 0 Å². The van der Waals surface area contributed by atoms with E-state index in [1.807, 2.05) is 19.1 Å². The van der Waals surface area contributed by atoms with Gasteiger partial charge in [-0.05, 0) is 54.8 Å². The Morgan fingerprint density at radius 1 is 1.14 bits per heavy atom. The summed E-state index contributed by atoms with van der Waals surface area (Å²) in [7, 11) is 0. The van der Waals surface area contributed by atoms with Gasteiger partial charge in [-0.25, -0.2) is 4.79 Å². The molecule has 2 heterocycles. The molecule has 7 heteroatoms. The number of aromatic nitrogens is 2. The van der Waals surface area contributed by atoms with Gasteiger partial charge >= 0.3 is 5.69 Å². The summed E-state index contributed by atoms with van der Waals surface area (Å²) < 4.78 is 0. The first kappa shape index (κ1) is 18.1. The van der Waals surface area contributed by atoms with Gasteiger partial charge in [0, 0.05) is 18.8 Å². The number of aromatic hydroxyl groups is 1. The summed E-state index contributed by atoms with van der Waals surface area (Å²) in [6.07, 6.45) is 2.98. The largest absolute Gasteiger partial charge is 0.508 e. The Morgan fingerprint density at radius 3 is 2.61 bits per heavy atom. The summed E-state index contributed by atoms with van der Waals surface area (Å²) in [6, 6.07) is 12.2. The van der Waals surface area contributed by atoms with E-state index in [1.165, 1.54) is 5.57 Å². The number of hydrogen-bond acceptors (Lipinski definition) is 4. The second kappa shape index (κ2) is 7.36. The van der Waals surface area contributed by atoms with Crippen molar-refractivity contribution in [1.82, 2.24) is 14.9 Å². The quantitative estimate of drug-likeness (QED) is 0.561. The van der Waals surface area contributed by atoms with Gasteiger partial charge in [0.25, 0.3) is 0 Å². The third kappa shape index (κ3) is 3.70. The highest BCUT2D eigenvalue weighted by Gasteiger charge is 2.23. The summed E-state index contributed by atoms with van der Waals surface area (Å²) in [5.41, 5.74) is 4.08. The maximum atomic E-state index is 12.7. The van der Waals surface area contributed by atoms with E-state index in [-0.39, 0.29) is 23.4 Å². The van der Waals surface area contributed by atoms with Crippen LogP contribution in [-0.4, -0.2) is 45.0 Å². The van der Waals surface area contributed by atoms with Gasteiger partial charge in [0.1, 0.15) is 5.75 Å². The lowest BCUT2D eigenvalue weighted by molar-refractivity contribution is -0.120. The van der Waals surface area contributed by atoms with Crippen LogP contribution in [-0.2, 0) is 4.79 Å². The molecule has 144 valence electrons. The Hall–Kier alpha value is -3.32. The Labute approximate surface area is 161 Å². The fourth-order valence-electron chi connectivity index (χ4n) is 3.50. The summed E-state index contributed by atoms with van der Waals surface area (Å²) in [4.78, 5) is 31.5. The zero-order chi connectivity index (χ0) is 19.7. The fourth-order valence-corrected chi connectivity index (χ4v) is 3.50. The van der Waals surface area contributed by atoms with E-state index in [2.05, 4.69) is 26.3 Å². The van der Waals surface area contributed by atoms with Crippen LogP contribution in [0.2, 0.25) is 0 Å². The molecule has 1 aromatic heterocycles. The lowest BCUT2D eigenvalue weighted by Gasteiger charge is -2.31. The molecule has 1 aliphatic rings. The Bertz CT molecular complexity index is 1090. The van der Waals surface area contributed by atoms with E-state index in [0.717, 1.165) is 18.5 Å². The lowest BCUT2D eigenvalue weighted by Crippen LogP contribution is -2.44. The predicted octanol–water partition coefficient (Wildman–Crippen LogP) is 2.68. The Balaban J connectivity index is 1.41. The number of rotatable bonds is 4. The van der Waals surface area contributed by atoms with Crippen LogP contribution >= 0.6 is 0 Å². The smallest absolute Gasteiger partial charge is 0.323 e. The summed E-state index contributed by atoms with van der Waals surface area (Å²) in [5, 5.41) is 12.3. The number of aromatic amines is 2. The van der Waals surface area contributed by atoms with Crippen LogP contribution in [0.15, 0.2) is 53.3 Å². The summed E-state index contributed by atoms with van der Waals surface area (Å²) >= 11 is 0. The van der Waals surface area contributed by atoms with Gasteiger partial charge in [-0.1, -0.05) is 18.2 Å². The SMILES string of the molecule is CC(C(=O)Nc1ccc2[nH]c(=O)[nH]c2c1)N1CC=C(c2ccc(O)cc2)CC1. The van der Waals surface area contributed by atoms with E-state index >= 15 is 0 Å². The number of nitrogens with one attached hydrogen (secondary N) is 3. The Morgan fingerprint density at radius 2 is 1.89 bits per heavy atom. The van der Waals surface area contributed by atoms with Gasteiger partial charge in [0.2, 0.25) is 5.91 Å². The van der Waals surface area contributed by atoms with Crippen molar-refractivity contribution in [3.63, 3.8) is 0 Å². The van der Waals surface area contributed by atoms with Crippen LogP contribution in [0.5, 0.6) is 5.75 Å². The van der Waals surface area contributed by atoms with Gasteiger partial charge < -0.3 is 20.4 Å². The van der Waals surface area contributed by atoms with Crippen molar-refractivity contribution >= 4 is 28.2 Å². The number of fused-ring (bicyclic) bond motifs is 1. The molecule has 1 aliphatic heterocycles. The number of amides is 1. The second-order valence-electron chi connectivity index (χ2n) is 7.03. The molecule has 1 amide bonds. The average Bonchev–Trinajstić information content (AvgIpc) is 3.07. The number of nitrogens with zero attached hydrogens (tertiary/aromatic N) is 1. The first-order valence-electron chi connectivity index (χ1n) is 9.25. The number of phenols is 1. The summed E-state index contributed by atoms with van der Waals surface area (Å²) in [6.45, 7) is 3.37. The van der Waals surface area contributed by atoms with Crippen molar-refractivity contribution in [3.8, 4) is 5.75 Å². The fraction of sp³-hybridized carbons (Fsp3) is 0.238. The van der Waals surface area contributed by atoms with E-state index in [9.17, 15) is 14.7 Å². The number of H-pyrrole nitrogens is 2. The van der Waals surface area contributed by atoms with Gasteiger partial charge in [-0.3, -0.25) is 9.69 Å². The van der Waals surface area contributed by atoms with E-state index in [0.29, 0.717) is 23.3 Å². The van der Waals surface area contributed by atoms with Crippen molar-refractivity contribution in [3.05, 3.63) is 64.6 Å². The molecule has 2 aromatic carbocycles. The zero-order valence-corrected chi connectivity index (χ0v) is 15.5. The van der Waals surface area contributed by atoms with Gasteiger partial charge in [0.05, 0.1) is 17.1 Å². The number of anilines is 1. The molecular weight excluding hydrogens is 356 g/mol. The van der Waals surface area contributed by atoms with Gasteiger partial charge in [-0.2, -0.15) is 0 Å². The van der Waals surface area contributed by atoms with Crippen molar-refractivity contribution in [2.75, 3.05) is 18.4 Å². The second-order valence-corrected chi connectivity index (χ2v) is 7.03. The van der Waals surface area contributed by atoms with Crippen molar-refractivity contribution in [1.29, 1.82) is 0 Å². The molecule has 28 heavy (non-hydrogen) atoms. The highest BCUT2D eigenvalue weighted by Crippen LogP contribution is 2.25. The lowest BCUT2D eigenvalue weighted by atomic mass is 9.98. The van der Waals surface area contributed by atoms with Crippen molar-refractivity contribution in [2.24, 2.45) is 0 Å². The van der Waals surface area contributed by atoms with Crippen LogP contribution in [0.4, 0.5) is 5.69 Å². The molecule has 7 nitrogen and oxygen atoms in total. The number of carbonyl (C=O) groups is 1. The first-order valence-corrected chi connectivity index (χ1v) is 9.25. The molecule has 0 radical (unpaired) electrons. The van der Waals surface area contributed by atoms with Crippen molar-refractivity contribution < 1.29 is 9.90 Å². The molecule has 0 saturated heterocycles. The van der Waals surface area contributed by atoms with Gasteiger partial charge in [0.15, 0.2) is 0 Å². The molecule has 4 rings (SSSR count). The molecule has 0 fully saturated rings. The normalized spacial score (nSPS) is 16.0. The topological polar surface area (TPSA) is 101 Å². The van der Waals surface area contributed by atoms with Crippen LogP contribution < -0.4 is 11.0 Å². The predicted molar refractivity (Wildman–Crippen MR) is 109 cm³/mol. The number of carbonyl (C=O) groups excluding carboxylic acids is 1. The maximum Gasteiger partial charge on any atom is 0.323 e. The molecule has 0 spiro atoms.